The van der Waals surface area contributed by atoms with Crippen molar-refractivity contribution >= 4 is 23.1 Å². The summed E-state index contributed by atoms with van der Waals surface area (Å²) in [7, 11) is 0. The topological polar surface area (TPSA) is 49.8 Å². The maximum Gasteiger partial charge on any atom is 0.421 e. The molecule has 3 aromatic rings. The molecule has 0 atom stereocenters. The highest BCUT2D eigenvalue weighted by molar-refractivity contribution is 5.63. The molecule has 0 saturated heterocycles. The number of aryl methyl sites for hydroxylation is 1. The molecule has 0 spiro atoms. The van der Waals surface area contributed by atoms with Crippen LogP contribution in [0.5, 0.6) is 0 Å². The molecule has 0 aliphatic heterocycles. The van der Waals surface area contributed by atoms with E-state index in [0.29, 0.717) is 11.9 Å². The Morgan fingerprint density at radius 1 is 0.964 bits per heavy atom. The lowest BCUT2D eigenvalue weighted by atomic mass is 10.1. The molecule has 28 heavy (non-hydrogen) atoms. The molecule has 4 nitrogen and oxygen atoms in total. The summed E-state index contributed by atoms with van der Waals surface area (Å²) in [4.78, 5) is 7.66. The van der Waals surface area contributed by atoms with Crippen molar-refractivity contribution in [3.8, 4) is 0 Å². The highest BCUT2D eigenvalue weighted by Crippen LogP contribution is 2.35. The van der Waals surface area contributed by atoms with Crippen LogP contribution in [0.4, 0.5) is 40.7 Å². The predicted octanol–water partition coefficient (Wildman–Crippen LogP) is 6.07. The Hall–Kier alpha value is -3.16. The molecular weight excluding hydrogens is 372 g/mol. The standard InChI is InChI=1S/C20H18F4N4/c1-2-5-13-8-10-14(11-9-13)26-19-25-12-15(20(22,23)24)18(28-19)27-17-7-4-3-6-16(17)21/h3-4,6-12H,2,5H2,1H3,(H2,25,26,27,28). The van der Waals surface area contributed by atoms with Crippen molar-refractivity contribution in [2.24, 2.45) is 0 Å². The van der Waals surface area contributed by atoms with E-state index in [-0.39, 0.29) is 11.6 Å². The van der Waals surface area contributed by atoms with E-state index in [0.717, 1.165) is 24.5 Å². The van der Waals surface area contributed by atoms with E-state index in [4.69, 9.17) is 0 Å². The molecule has 0 amide bonds. The smallest absolute Gasteiger partial charge is 0.337 e. The molecule has 3 rings (SSSR count). The van der Waals surface area contributed by atoms with Gasteiger partial charge in [0.2, 0.25) is 5.95 Å². The number of halogens is 4. The van der Waals surface area contributed by atoms with Gasteiger partial charge >= 0.3 is 6.18 Å². The van der Waals surface area contributed by atoms with Crippen LogP contribution in [0.25, 0.3) is 0 Å². The molecule has 2 N–H and O–H groups in total. The van der Waals surface area contributed by atoms with E-state index in [1.54, 1.807) is 12.1 Å². The Labute approximate surface area is 159 Å². The highest BCUT2D eigenvalue weighted by atomic mass is 19.4. The van der Waals surface area contributed by atoms with Crippen molar-refractivity contribution in [3.05, 3.63) is 71.7 Å². The second-order valence-corrected chi connectivity index (χ2v) is 6.13. The van der Waals surface area contributed by atoms with Gasteiger partial charge in [-0.3, -0.25) is 0 Å². The average molecular weight is 390 g/mol. The first kappa shape index (κ1) is 19.6. The zero-order chi connectivity index (χ0) is 20.1. The van der Waals surface area contributed by atoms with Gasteiger partial charge in [-0.2, -0.15) is 18.2 Å². The van der Waals surface area contributed by atoms with Crippen molar-refractivity contribution < 1.29 is 17.6 Å². The number of aromatic nitrogens is 2. The van der Waals surface area contributed by atoms with Gasteiger partial charge < -0.3 is 10.6 Å². The first-order chi connectivity index (χ1) is 13.4. The SMILES string of the molecule is CCCc1ccc(Nc2ncc(C(F)(F)F)c(Nc3ccccc3F)n2)cc1. The third kappa shape index (κ3) is 4.76. The fourth-order valence-corrected chi connectivity index (χ4v) is 2.61. The summed E-state index contributed by atoms with van der Waals surface area (Å²) in [5.41, 5.74) is 0.598. The summed E-state index contributed by atoms with van der Waals surface area (Å²) in [6, 6.07) is 12.9. The summed E-state index contributed by atoms with van der Waals surface area (Å²) >= 11 is 0. The fraction of sp³-hybridized carbons (Fsp3) is 0.200. The number of hydrogen-bond acceptors (Lipinski definition) is 4. The molecule has 1 heterocycles. The van der Waals surface area contributed by atoms with E-state index in [1.165, 1.54) is 18.2 Å². The fourth-order valence-electron chi connectivity index (χ4n) is 2.61. The molecule has 146 valence electrons. The Balaban J connectivity index is 1.90. The normalized spacial score (nSPS) is 11.3. The van der Waals surface area contributed by atoms with Crippen molar-refractivity contribution in [1.82, 2.24) is 9.97 Å². The summed E-state index contributed by atoms with van der Waals surface area (Å²) in [6.45, 7) is 2.08. The minimum atomic E-state index is -4.69. The minimum Gasteiger partial charge on any atom is -0.337 e. The molecule has 0 aliphatic rings. The Kier molecular flexibility index (Phi) is 5.77. The maximum absolute atomic E-state index is 13.8. The molecule has 0 unspecified atom stereocenters. The van der Waals surface area contributed by atoms with E-state index in [1.807, 2.05) is 12.1 Å². The summed E-state index contributed by atoms with van der Waals surface area (Å²) in [5, 5.41) is 5.28. The Morgan fingerprint density at radius 3 is 2.32 bits per heavy atom. The number of para-hydroxylation sites is 1. The van der Waals surface area contributed by atoms with Crippen molar-refractivity contribution in [2.75, 3.05) is 10.6 Å². The number of nitrogens with zero attached hydrogens (tertiary/aromatic N) is 2. The number of nitrogens with one attached hydrogen (secondary N) is 2. The maximum atomic E-state index is 13.8. The summed E-state index contributed by atoms with van der Waals surface area (Å²) in [5.74, 6) is -1.25. The van der Waals surface area contributed by atoms with Gasteiger partial charge in [-0.25, -0.2) is 9.37 Å². The van der Waals surface area contributed by atoms with Crippen LogP contribution in [0, 0.1) is 5.82 Å². The molecule has 1 aromatic heterocycles. The third-order valence-corrected chi connectivity index (χ3v) is 3.97. The highest BCUT2D eigenvalue weighted by Gasteiger charge is 2.35. The second-order valence-electron chi connectivity index (χ2n) is 6.13. The van der Waals surface area contributed by atoms with Gasteiger partial charge in [0.1, 0.15) is 17.2 Å². The minimum absolute atomic E-state index is 0.0323. The first-order valence-electron chi connectivity index (χ1n) is 8.68. The number of alkyl halides is 3. The molecule has 8 heteroatoms. The van der Waals surface area contributed by atoms with Crippen molar-refractivity contribution in [2.45, 2.75) is 25.9 Å². The van der Waals surface area contributed by atoms with Crippen LogP contribution in [0.1, 0.15) is 24.5 Å². The summed E-state index contributed by atoms with van der Waals surface area (Å²) in [6.07, 6.45) is -2.06. The summed E-state index contributed by atoms with van der Waals surface area (Å²) < 4.78 is 53.7. The molecule has 0 radical (unpaired) electrons. The Bertz CT molecular complexity index is 940. The number of benzene rings is 2. The number of anilines is 4. The lowest BCUT2D eigenvalue weighted by Crippen LogP contribution is -2.13. The van der Waals surface area contributed by atoms with Crippen LogP contribution in [0.3, 0.4) is 0 Å². The lowest BCUT2D eigenvalue weighted by molar-refractivity contribution is -0.137. The van der Waals surface area contributed by atoms with E-state index >= 15 is 0 Å². The van der Waals surface area contributed by atoms with Gasteiger partial charge in [0.25, 0.3) is 0 Å². The third-order valence-electron chi connectivity index (χ3n) is 3.97. The molecule has 0 bridgehead atoms. The Morgan fingerprint density at radius 2 is 1.68 bits per heavy atom. The molecule has 0 aliphatic carbocycles. The largest absolute Gasteiger partial charge is 0.421 e. The van der Waals surface area contributed by atoms with E-state index < -0.39 is 23.4 Å². The quantitative estimate of drug-likeness (QED) is 0.501. The van der Waals surface area contributed by atoms with Crippen LogP contribution < -0.4 is 10.6 Å². The van der Waals surface area contributed by atoms with Crippen LogP contribution in [-0.4, -0.2) is 9.97 Å². The van der Waals surface area contributed by atoms with Crippen molar-refractivity contribution in [3.63, 3.8) is 0 Å². The second kappa shape index (κ2) is 8.24. The van der Waals surface area contributed by atoms with E-state index in [9.17, 15) is 17.6 Å². The average Bonchev–Trinajstić information content (AvgIpc) is 2.65. The van der Waals surface area contributed by atoms with Crippen molar-refractivity contribution in [1.29, 1.82) is 0 Å². The lowest BCUT2D eigenvalue weighted by Gasteiger charge is -2.15. The van der Waals surface area contributed by atoms with E-state index in [2.05, 4.69) is 27.5 Å². The van der Waals surface area contributed by atoms with Crippen LogP contribution >= 0.6 is 0 Å². The zero-order valence-corrected chi connectivity index (χ0v) is 15.0. The number of rotatable bonds is 6. The monoisotopic (exact) mass is 390 g/mol. The molecule has 0 fully saturated rings. The predicted molar refractivity (Wildman–Crippen MR) is 100 cm³/mol. The van der Waals surface area contributed by atoms with Crippen LogP contribution in [0.15, 0.2) is 54.7 Å². The first-order valence-corrected chi connectivity index (χ1v) is 8.68. The van der Waals surface area contributed by atoms with Gasteiger partial charge in [-0.15, -0.1) is 0 Å². The van der Waals surface area contributed by atoms with Gasteiger partial charge in [-0.05, 0) is 36.2 Å². The van der Waals surface area contributed by atoms with Gasteiger partial charge in [0, 0.05) is 11.9 Å². The molecular formula is C20H18F4N4. The van der Waals surface area contributed by atoms with Gasteiger partial charge in [-0.1, -0.05) is 37.6 Å². The van der Waals surface area contributed by atoms with Gasteiger partial charge in [0.15, 0.2) is 0 Å². The zero-order valence-electron chi connectivity index (χ0n) is 15.0. The van der Waals surface area contributed by atoms with Gasteiger partial charge in [0.05, 0.1) is 5.69 Å². The number of hydrogen-bond donors (Lipinski definition) is 2. The van der Waals surface area contributed by atoms with Crippen LogP contribution in [0.2, 0.25) is 0 Å². The van der Waals surface area contributed by atoms with Crippen LogP contribution in [-0.2, 0) is 12.6 Å². The molecule has 2 aromatic carbocycles. The molecule has 0 saturated carbocycles.